The van der Waals surface area contributed by atoms with Crippen LogP contribution in [0.5, 0.6) is 5.75 Å². The summed E-state index contributed by atoms with van der Waals surface area (Å²) in [6.07, 6.45) is 1.79. The van der Waals surface area contributed by atoms with E-state index in [1.165, 1.54) is 28.8 Å². The number of nitrogens with zero attached hydrogens (tertiary/aromatic N) is 3. The minimum absolute atomic E-state index is 0.171. The molecular weight excluding hydrogens is 657 g/mol. The van der Waals surface area contributed by atoms with Gasteiger partial charge in [-0.15, -0.1) is 0 Å². The van der Waals surface area contributed by atoms with E-state index in [1.54, 1.807) is 31.3 Å². The molecule has 3 aromatic carbocycles. The number of aliphatic imine (C=N–C) groups is 1. The molecule has 0 radical (unpaired) electrons. The molecule has 1 N–H and O–H groups in total. The van der Waals surface area contributed by atoms with E-state index < -0.39 is 5.97 Å². The molecule has 3 aromatic rings. The molecule has 4 rings (SSSR count). The number of ether oxygens (including phenoxy) is 1. The normalized spacial score (nSPS) is 15.4. The molecule has 1 saturated heterocycles. The summed E-state index contributed by atoms with van der Waals surface area (Å²) in [6, 6.07) is 19.4. The van der Waals surface area contributed by atoms with Crippen LogP contribution in [0.3, 0.4) is 0 Å². The van der Waals surface area contributed by atoms with Crippen LogP contribution < -0.4 is 4.74 Å². The van der Waals surface area contributed by atoms with Gasteiger partial charge >= 0.3 is 5.97 Å². The van der Waals surface area contributed by atoms with Crippen molar-refractivity contribution >= 4 is 79.1 Å². The smallest absolute Gasteiger partial charge is 0.335 e. The fourth-order valence-corrected chi connectivity index (χ4v) is 6.05. The molecule has 0 aromatic heterocycles. The summed E-state index contributed by atoms with van der Waals surface area (Å²) in [4.78, 5) is 30.3. The van der Waals surface area contributed by atoms with E-state index in [-0.39, 0.29) is 18.1 Å². The van der Waals surface area contributed by atoms with E-state index in [0.29, 0.717) is 27.1 Å². The number of carboxylic acids is 1. The number of benzene rings is 3. The number of amides is 1. The SMILES string of the molecule is CN1C(=O)/C(=C/c2cc(Br)c(OCc3ccccc3C#N)c(I)c2)SC1=Nc1ccc(C(=O)O)cc1. The third-order valence-electron chi connectivity index (χ3n) is 5.17. The van der Waals surface area contributed by atoms with Crippen LogP contribution >= 0.6 is 50.3 Å². The Morgan fingerprint density at radius 3 is 2.64 bits per heavy atom. The lowest BCUT2D eigenvalue weighted by Crippen LogP contribution is -2.23. The third kappa shape index (κ3) is 5.80. The summed E-state index contributed by atoms with van der Waals surface area (Å²) >= 11 is 6.99. The van der Waals surface area contributed by atoms with Gasteiger partial charge in [0, 0.05) is 12.6 Å². The Labute approximate surface area is 233 Å². The molecule has 1 heterocycles. The van der Waals surface area contributed by atoms with Crippen molar-refractivity contribution in [1.29, 1.82) is 5.26 Å². The molecule has 180 valence electrons. The summed E-state index contributed by atoms with van der Waals surface area (Å²) in [5, 5.41) is 18.8. The van der Waals surface area contributed by atoms with Crippen molar-refractivity contribution < 1.29 is 19.4 Å². The van der Waals surface area contributed by atoms with Crippen LogP contribution in [0.1, 0.15) is 27.0 Å². The van der Waals surface area contributed by atoms with Gasteiger partial charge in [-0.1, -0.05) is 18.2 Å². The van der Waals surface area contributed by atoms with Crippen LogP contribution in [0.4, 0.5) is 5.69 Å². The molecular formula is C26H17BrIN3O4S. The van der Waals surface area contributed by atoms with Gasteiger partial charge in [-0.05, 0) is 104 Å². The second-order valence-corrected chi connectivity index (χ2v) is 10.6. The van der Waals surface area contributed by atoms with Gasteiger partial charge in [-0.25, -0.2) is 9.79 Å². The first kappa shape index (κ1) is 25.9. The van der Waals surface area contributed by atoms with Gasteiger partial charge in [0.15, 0.2) is 5.17 Å². The molecule has 0 spiro atoms. The number of carbonyl (C=O) groups excluding carboxylic acids is 1. The molecule has 0 atom stereocenters. The Hall–Kier alpha value is -3.14. The van der Waals surface area contributed by atoms with Crippen molar-refractivity contribution in [3.05, 3.63) is 95.9 Å². The summed E-state index contributed by atoms with van der Waals surface area (Å²) in [5.41, 5.74) is 2.91. The number of halogens is 2. The van der Waals surface area contributed by atoms with E-state index in [2.05, 4.69) is 49.6 Å². The quantitative estimate of drug-likeness (QED) is 0.239. The van der Waals surface area contributed by atoms with Gasteiger partial charge in [0.1, 0.15) is 12.4 Å². The number of hydrogen-bond donors (Lipinski definition) is 1. The van der Waals surface area contributed by atoms with E-state index >= 15 is 0 Å². The fraction of sp³-hybridized carbons (Fsp3) is 0.0769. The number of amidine groups is 1. The number of nitriles is 1. The summed E-state index contributed by atoms with van der Waals surface area (Å²) < 4.78 is 7.58. The molecule has 0 saturated carbocycles. The molecule has 36 heavy (non-hydrogen) atoms. The van der Waals surface area contributed by atoms with E-state index in [4.69, 9.17) is 9.84 Å². The first-order valence-electron chi connectivity index (χ1n) is 10.5. The van der Waals surface area contributed by atoms with Gasteiger partial charge in [0.25, 0.3) is 5.91 Å². The molecule has 1 aliphatic rings. The zero-order valence-electron chi connectivity index (χ0n) is 18.7. The van der Waals surface area contributed by atoms with Crippen molar-refractivity contribution in [2.24, 2.45) is 4.99 Å². The van der Waals surface area contributed by atoms with Crippen molar-refractivity contribution in [3.8, 4) is 11.8 Å². The number of carbonyl (C=O) groups is 2. The summed E-state index contributed by atoms with van der Waals surface area (Å²) in [6.45, 7) is 0.255. The molecule has 1 fully saturated rings. The number of aromatic carboxylic acids is 1. The molecule has 1 aliphatic heterocycles. The van der Waals surface area contributed by atoms with Gasteiger partial charge in [0.2, 0.25) is 0 Å². The Morgan fingerprint density at radius 2 is 1.97 bits per heavy atom. The molecule has 1 amide bonds. The highest BCUT2D eigenvalue weighted by Crippen LogP contribution is 2.37. The van der Waals surface area contributed by atoms with Crippen molar-refractivity contribution in [2.75, 3.05) is 7.05 Å². The standard InChI is InChI=1S/C26H17BrIN3O4S/c1-31-24(32)22(36-26(31)30-19-8-6-16(7-9-19)25(33)34)12-15-10-20(27)23(21(28)11-15)35-14-18-5-3-2-4-17(18)13-29/h2-12H,14H2,1H3,(H,33,34)/b22-12-,30-26?. The molecule has 0 bridgehead atoms. The Kier molecular flexibility index (Phi) is 8.13. The molecule has 7 nitrogen and oxygen atoms in total. The summed E-state index contributed by atoms with van der Waals surface area (Å²) in [7, 11) is 1.65. The third-order valence-corrected chi connectivity index (χ3v) is 7.62. The second kappa shape index (κ2) is 11.3. The Morgan fingerprint density at radius 1 is 1.25 bits per heavy atom. The van der Waals surface area contributed by atoms with Crippen LogP contribution in [-0.4, -0.2) is 34.1 Å². The van der Waals surface area contributed by atoms with Crippen molar-refractivity contribution in [1.82, 2.24) is 4.90 Å². The predicted molar refractivity (Wildman–Crippen MR) is 151 cm³/mol. The number of rotatable bonds is 6. The highest BCUT2D eigenvalue weighted by atomic mass is 127. The maximum atomic E-state index is 12.8. The number of thioether (sulfide) groups is 1. The highest BCUT2D eigenvalue weighted by molar-refractivity contribution is 14.1. The van der Waals surface area contributed by atoms with Crippen molar-refractivity contribution in [2.45, 2.75) is 6.61 Å². The predicted octanol–water partition coefficient (Wildman–Crippen LogP) is 6.44. The number of carboxylic acid groups (broad SMARTS) is 1. The molecule has 10 heteroatoms. The second-order valence-electron chi connectivity index (χ2n) is 7.59. The van der Waals surface area contributed by atoms with Crippen LogP contribution in [0.2, 0.25) is 0 Å². The average molecular weight is 674 g/mol. The zero-order chi connectivity index (χ0) is 25.8. The maximum absolute atomic E-state index is 12.8. The lowest BCUT2D eigenvalue weighted by atomic mass is 10.1. The van der Waals surface area contributed by atoms with Gasteiger partial charge in [-0.2, -0.15) is 5.26 Å². The van der Waals surface area contributed by atoms with E-state index in [9.17, 15) is 14.9 Å². The zero-order valence-corrected chi connectivity index (χ0v) is 23.3. The van der Waals surface area contributed by atoms with Crippen LogP contribution in [-0.2, 0) is 11.4 Å². The molecule has 0 unspecified atom stereocenters. The maximum Gasteiger partial charge on any atom is 0.335 e. The monoisotopic (exact) mass is 673 g/mol. The lowest BCUT2D eigenvalue weighted by Gasteiger charge is -2.12. The Balaban J connectivity index is 1.53. The van der Waals surface area contributed by atoms with Crippen LogP contribution in [0, 0.1) is 14.9 Å². The van der Waals surface area contributed by atoms with Crippen LogP contribution in [0.25, 0.3) is 6.08 Å². The first-order chi connectivity index (χ1) is 17.3. The van der Waals surface area contributed by atoms with Gasteiger partial charge < -0.3 is 9.84 Å². The minimum Gasteiger partial charge on any atom is -0.487 e. The van der Waals surface area contributed by atoms with Gasteiger partial charge in [-0.3, -0.25) is 9.69 Å². The van der Waals surface area contributed by atoms with E-state index in [1.807, 2.05) is 30.3 Å². The first-order valence-corrected chi connectivity index (χ1v) is 13.1. The largest absolute Gasteiger partial charge is 0.487 e. The topological polar surface area (TPSA) is 103 Å². The lowest BCUT2D eigenvalue weighted by molar-refractivity contribution is -0.121. The molecule has 0 aliphatic carbocycles. The fourth-order valence-electron chi connectivity index (χ4n) is 3.30. The van der Waals surface area contributed by atoms with E-state index in [0.717, 1.165) is 19.2 Å². The summed E-state index contributed by atoms with van der Waals surface area (Å²) in [5.74, 6) is -0.535. The van der Waals surface area contributed by atoms with Crippen LogP contribution in [0.15, 0.2) is 75.0 Å². The highest BCUT2D eigenvalue weighted by Gasteiger charge is 2.30. The number of hydrogen-bond acceptors (Lipinski definition) is 6. The number of likely N-dealkylation sites (N-methyl/N-ethyl adjacent to an activating group) is 1. The van der Waals surface area contributed by atoms with Crippen molar-refractivity contribution in [3.63, 3.8) is 0 Å². The Bertz CT molecular complexity index is 1440. The minimum atomic E-state index is -1.01. The van der Waals surface area contributed by atoms with Gasteiger partial charge in [0.05, 0.1) is 35.8 Å². The average Bonchev–Trinajstić information content (AvgIpc) is 3.11.